The Morgan fingerprint density at radius 2 is 1.67 bits per heavy atom. The number of alkyl carbamates (subject to hydrolysis) is 1. The van der Waals surface area contributed by atoms with Crippen LogP contribution in [0.4, 0.5) is 9.59 Å². The zero-order valence-corrected chi connectivity index (χ0v) is 27.5. The van der Waals surface area contributed by atoms with Crippen LogP contribution in [0.5, 0.6) is 0 Å². The summed E-state index contributed by atoms with van der Waals surface area (Å²) in [6, 6.07) is 7.10. The van der Waals surface area contributed by atoms with Gasteiger partial charge in [0, 0.05) is 19.0 Å². The second-order valence-corrected chi connectivity index (χ2v) is 14.8. The topological polar surface area (TPSA) is 151 Å². The van der Waals surface area contributed by atoms with Crippen molar-refractivity contribution in [3.63, 3.8) is 0 Å². The van der Waals surface area contributed by atoms with Crippen LogP contribution in [0.3, 0.4) is 0 Å². The van der Waals surface area contributed by atoms with E-state index in [1.54, 1.807) is 25.7 Å². The van der Waals surface area contributed by atoms with Gasteiger partial charge in [-0.25, -0.2) is 14.4 Å². The van der Waals surface area contributed by atoms with E-state index in [1.165, 1.54) is 5.56 Å². The monoisotopic (exact) mass is 639 g/mol. The van der Waals surface area contributed by atoms with Crippen molar-refractivity contribution in [3.8, 4) is 0 Å². The first-order chi connectivity index (χ1) is 21.8. The van der Waals surface area contributed by atoms with Crippen LogP contribution in [0.25, 0.3) is 0 Å². The first-order valence-corrected chi connectivity index (χ1v) is 16.9. The first-order valence-electron chi connectivity index (χ1n) is 16.9. The number of aliphatic carboxylic acids is 1. The van der Waals surface area contributed by atoms with Gasteiger partial charge in [-0.2, -0.15) is 0 Å². The fourth-order valence-corrected chi connectivity index (χ4v) is 7.63. The van der Waals surface area contributed by atoms with Crippen LogP contribution in [0.15, 0.2) is 24.3 Å². The van der Waals surface area contributed by atoms with Crippen LogP contribution in [-0.2, 0) is 30.4 Å². The van der Waals surface area contributed by atoms with Gasteiger partial charge < -0.3 is 30.1 Å². The molecule has 3 fully saturated rings. The number of carboxylic acid groups (broad SMARTS) is 1. The molecule has 7 atom stereocenters. The molecule has 0 aromatic heterocycles. The van der Waals surface area contributed by atoms with E-state index < -0.39 is 59.2 Å². The van der Waals surface area contributed by atoms with Crippen LogP contribution in [0.2, 0.25) is 0 Å². The molecule has 1 saturated heterocycles. The summed E-state index contributed by atoms with van der Waals surface area (Å²) >= 11 is 0. The summed E-state index contributed by atoms with van der Waals surface area (Å²) in [6.45, 7) is 8.18. The summed E-state index contributed by atoms with van der Waals surface area (Å²) in [6.07, 6.45) is 3.99. The van der Waals surface area contributed by atoms with E-state index in [-0.39, 0.29) is 30.5 Å². The molecule has 11 nitrogen and oxygen atoms in total. The molecule has 0 bridgehead atoms. The normalized spacial score (nSPS) is 32.0. The number of hydrogen-bond acceptors (Lipinski definition) is 7. The highest BCUT2D eigenvalue weighted by molar-refractivity contribution is 5.96. The highest BCUT2D eigenvalue weighted by Gasteiger charge is 2.62. The van der Waals surface area contributed by atoms with E-state index >= 15 is 0 Å². The molecule has 0 spiro atoms. The Bertz CT molecular complexity index is 1340. The lowest BCUT2D eigenvalue weighted by Crippen LogP contribution is -2.50. The van der Waals surface area contributed by atoms with Crippen molar-refractivity contribution in [1.29, 1.82) is 0 Å². The van der Waals surface area contributed by atoms with Crippen LogP contribution in [0, 0.1) is 17.8 Å². The number of hydrogen-bond donors (Lipinski definition) is 3. The van der Waals surface area contributed by atoms with Crippen LogP contribution in [-0.4, -0.2) is 69.7 Å². The molecule has 11 heteroatoms. The number of nitrogens with zero attached hydrogens (tertiary/aromatic N) is 1. The van der Waals surface area contributed by atoms with Crippen molar-refractivity contribution in [2.75, 3.05) is 6.54 Å². The van der Waals surface area contributed by atoms with Crippen molar-refractivity contribution in [1.82, 2.24) is 15.5 Å². The Morgan fingerprint density at radius 3 is 2.39 bits per heavy atom. The van der Waals surface area contributed by atoms with E-state index in [2.05, 4.69) is 23.6 Å². The SMILES string of the molecule is C[C@H]1CN(C(=O)O[C@H]2CC3C(=O)[C@@H](NC(=O)OC(C)(C)C)CCCCCCC[C@H]4C[C@@]4(C(=O)O)NC(=O)[C@@H]3C2)Cc2ccccc21. The van der Waals surface area contributed by atoms with Crippen molar-refractivity contribution in [2.45, 2.75) is 128 Å². The van der Waals surface area contributed by atoms with Crippen molar-refractivity contribution in [2.24, 2.45) is 17.8 Å². The minimum absolute atomic E-state index is 0.0908. The summed E-state index contributed by atoms with van der Waals surface area (Å²) in [7, 11) is 0. The molecule has 2 aliphatic carbocycles. The van der Waals surface area contributed by atoms with Gasteiger partial charge in [0.05, 0.1) is 12.0 Å². The number of amides is 3. The number of fused-ring (bicyclic) bond motifs is 3. The maximum atomic E-state index is 14.2. The molecule has 1 unspecified atom stereocenters. The second-order valence-electron chi connectivity index (χ2n) is 14.8. The van der Waals surface area contributed by atoms with Gasteiger partial charge in [0.1, 0.15) is 17.2 Å². The molecule has 1 aromatic carbocycles. The number of carbonyl (C=O) groups is 5. The van der Waals surface area contributed by atoms with Crippen molar-refractivity contribution in [3.05, 3.63) is 35.4 Å². The van der Waals surface area contributed by atoms with Gasteiger partial charge in [-0.3, -0.25) is 9.59 Å². The average Bonchev–Trinajstić information content (AvgIpc) is 3.52. The lowest BCUT2D eigenvalue weighted by atomic mass is 9.86. The van der Waals surface area contributed by atoms with Gasteiger partial charge in [0.15, 0.2) is 5.78 Å². The summed E-state index contributed by atoms with van der Waals surface area (Å²) in [5.41, 5.74) is 0.145. The second kappa shape index (κ2) is 13.6. The van der Waals surface area contributed by atoms with Crippen LogP contribution in [0.1, 0.15) is 109 Å². The molecule has 2 saturated carbocycles. The number of carboxylic acids is 1. The first kappa shape index (κ1) is 33.7. The van der Waals surface area contributed by atoms with Crippen molar-refractivity contribution >= 4 is 29.8 Å². The largest absolute Gasteiger partial charge is 0.479 e. The lowest BCUT2D eigenvalue weighted by molar-refractivity contribution is -0.145. The smallest absolute Gasteiger partial charge is 0.410 e. The zero-order chi connectivity index (χ0) is 33.2. The van der Waals surface area contributed by atoms with E-state index in [1.807, 2.05) is 18.2 Å². The molecule has 46 heavy (non-hydrogen) atoms. The van der Waals surface area contributed by atoms with Gasteiger partial charge in [-0.05, 0) is 75.8 Å². The van der Waals surface area contributed by atoms with Crippen LogP contribution >= 0.6 is 0 Å². The Hall–Kier alpha value is -3.63. The van der Waals surface area contributed by atoms with Crippen molar-refractivity contribution < 1.29 is 38.6 Å². The van der Waals surface area contributed by atoms with Gasteiger partial charge in [-0.1, -0.05) is 63.3 Å². The number of ether oxygens (including phenoxy) is 2. The number of nitrogens with one attached hydrogen (secondary N) is 2. The fourth-order valence-electron chi connectivity index (χ4n) is 7.63. The number of ketones is 1. The van der Waals surface area contributed by atoms with E-state index in [0.29, 0.717) is 38.8 Å². The molecule has 4 aliphatic rings. The standard InChI is InChI=1S/C35H49N3O8/c1-21-19-38(20-22-12-10-11-14-25(21)22)33(44)45-24-16-26-27(17-24)30(40)37-35(31(41)42)18-23(35)13-8-6-5-7-9-15-28(29(26)39)36-32(43)46-34(2,3)4/h10-12,14,21,23-24,26-28H,5-9,13,15-20H2,1-4H3,(H,36,43)(H,37,40)(H,41,42)/t21-,23-,24-,26?,27+,28-,35+/m0/s1. The fraction of sp³-hybridized carbons (Fsp3) is 0.686. The maximum absolute atomic E-state index is 14.2. The Balaban J connectivity index is 1.36. The molecule has 0 radical (unpaired) electrons. The predicted molar refractivity (Wildman–Crippen MR) is 169 cm³/mol. The molecule has 2 aliphatic heterocycles. The summed E-state index contributed by atoms with van der Waals surface area (Å²) < 4.78 is 11.4. The molecule has 1 aromatic rings. The Morgan fingerprint density at radius 1 is 1.00 bits per heavy atom. The molecule has 3 amide bonds. The molecule has 3 N–H and O–H groups in total. The summed E-state index contributed by atoms with van der Waals surface area (Å²) in [5, 5.41) is 15.7. The Kier molecular flexibility index (Phi) is 9.98. The zero-order valence-electron chi connectivity index (χ0n) is 27.5. The predicted octanol–water partition coefficient (Wildman–Crippen LogP) is 5.30. The number of benzene rings is 1. The minimum atomic E-state index is -1.34. The van der Waals surface area contributed by atoms with E-state index in [4.69, 9.17) is 9.47 Å². The van der Waals surface area contributed by atoms with E-state index in [0.717, 1.165) is 31.2 Å². The molecule has 252 valence electrons. The van der Waals surface area contributed by atoms with Gasteiger partial charge >= 0.3 is 18.2 Å². The third kappa shape index (κ3) is 7.66. The Labute approximate surface area is 271 Å². The molecule has 5 rings (SSSR count). The van der Waals surface area contributed by atoms with Gasteiger partial charge in [-0.15, -0.1) is 0 Å². The van der Waals surface area contributed by atoms with Gasteiger partial charge in [0.2, 0.25) is 5.91 Å². The maximum Gasteiger partial charge on any atom is 0.410 e. The quantitative estimate of drug-likeness (QED) is 0.403. The highest BCUT2D eigenvalue weighted by Crippen LogP contribution is 2.48. The lowest BCUT2D eigenvalue weighted by Gasteiger charge is -2.33. The third-order valence-electron chi connectivity index (χ3n) is 10.1. The summed E-state index contributed by atoms with van der Waals surface area (Å²) in [4.78, 5) is 68.4. The number of carbonyl (C=O) groups excluding carboxylic acids is 4. The molecular formula is C35H49N3O8. The van der Waals surface area contributed by atoms with Gasteiger partial charge in [0.25, 0.3) is 0 Å². The average molecular weight is 640 g/mol. The molecule has 2 heterocycles. The summed E-state index contributed by atoms with van der Waals surface area (Å²) in [5.74, 6) is -3.72. The molecular weight excluding hydrogens is 590 g/mol. The van der Waals surface area contributed by atoms with E-state index in [9.17, 15) is 29.1 Å². The highest BCUT2D eigenvalue weighted by atomic mass is 16.6. The number of rotatable bonds is 3. The number of Topliss-reactive ketones (excluding diaryl/α,β-unsaturated/α-hetero) is 1. The minimum Gasteiger partial charge on any atom is -0.479 e. The van der Waals surface area contributed by atoms with Crippen LogP contribution < -0.4 is 10.6 Å². The third-order valence-corrected chi connectivity index (χ3v) is 10.1.